The van der Waals surface area contributed by atoms with Crippen LogP contribution in [0.25, 0.3) is 0 Å². The molecular weight excluding hydrogens is 288 g/mol. The van der Waals surface area contributed by atoms with Gasteiger partial charge in [0.15, 0.2) is 0 Å². The molecule has 4 nitrogen and oxygen atoms in total. The van der Waals surface area contributed by atoms with Crippen molar-refractivity contribution in [2.45, 2.75) is 71.1 Å². The first-order valence-electron chi connectivity index (χ1n) is 8.20. The molecule has 0 aromatic heterocycles. The molecule has 0 saturated carbocycles. The van der Waals surface area contributed by atoms with E-state index in [1.807, 2.05) is 0 Å². The fraction of sp³-hybridized carbons (Fsp3) is 0.938. The van der Waals surface area contributed by atoms with Crippen molar-refractivity contribution < 1.29 is 9.53 Å². The molecule has 5 heteroatoms. The largest absolute Gasteiger partial charge is 0.378 e. The number of carbonyl (C=O) groups is 1. The Bertz CT molecular complexity index is 325. The lowest BCUT2D eigenvalue weighted by Crippen LogP contribution is -2.47. The topological polar surface area (TPSA) is 50.4 Å². The molecule has 1 amide bonds. The van der Waals surface area contributed by atoms with Crippen molar-refractivity contribution in [1.29, 1.82) is 0 Å². The Morgan fingerprint density at radius 2 is 2.10 bits per heavy atom. The van der Waals surface area contributed by atoms with Gasteiger partial charge in [0, 0.05) is 24.6 Å². The average Bonchev–Trinajstić information content (AvgIpc) is 2.38. The van der Waals surface area contributed by atoms with Gasteiger partial charge in [0.2, 0.25) is 5.91 Å². The Morgan fingerprint density at radius 3 is 2.76 bits per heavy atom. The van der Waals surface area contributed by atoms with E-state index in [2.05, 4.69) is 31.4 Å². The molecule has 4 atom stereocenters. The maximum absolute atomic E-state index is 12.4. The van der Waals surface area contributed by atoms with Crippen molar-refractivity contribution in [3.8, 4) is 0 Å². The minimum Gasteiger partial charge on any atom is -0.378 e. The maximum atomic E-state index is 12.4. The van der Waals surface area contributed by atoms with Crippen LogP contribution in [0.1, 0.15) is 52.9 Å². The molecule has 2 aliphatic rings. The fourth-order valence-electron chi connectivity index (χ4n) is 3.39. The normalized spacial score (nSPS) is 33.3. The lowest BCUT2D eigenvalue weighted by molar-refractivity contribution is -0.127. The Morgan fingerprint density at radius 1 is 1.33 bits per heavy atom. The number of carbonyl (C=O) groups excluding carboxylic acids is 1. The van der Waals surface area contributed by atoms with Gasteiger partial charge in [0.05, 0.1) is 6.10 Å². The maximum Gasteiger partial charge on any atom is 0.223 e. The van der Waals surface area contributed by atoms with Crippen molar-refractivity contribution in [1.82, 2.24) is 10.6 Å². The summed E-state index contributed by atoms with van der Waals surface area (Å²) in [6, 6.07) is 0.771. The summed E-state index contributed by atoms with van der Waals surface area (Å²) < 4.78 is 5.80. The van der Waals surface area contributed by atoms with E-state index >= 15 is 0 Å². The molecule has 0 radical (unpaired) electrons. The first kappa shape index (κ1) is 18.7. The van der Waals surface area contributed by atoms with Crippen LogP contribution in [0, 0.1) is 11.8 Å². The van der Waals surface area contributed by atoms with Crippen LogP contribution >= 0.6 is 12.4 Å². The molecule has 0 spiro atoms. The standard InChI is InChI=1S/C16H30N2O2.ClH/c1-11(2)8-15-10-14(5-7-20-15)18-16(19)13-4-6-17-12(3)9-13;/h11-15,17H,4-10H2,1-3H3,(H,18,19);1H/t12-,13-,14?,15?;/m0./s1. The van der Waals surface area contributed by atoms with Gasteiger partial charge in [-0.15, -0.1) is 12.4 Å². The summed E-state index contributed by atoms with van der Waals surface area (Å²) in [5, 5.41) is 6.66. The highest BCUT2D eigenvalue weighted by Crippen LogP contribution is 2.22. The Hall–Kier alpha value is -0.320. The van der Waals surface area contributed by atoms with E-state index in [1.54, 1.807) is 0 Å². The van der Waals surface area contributed by atoms with Crippen LogP contribution in [0.5, 0.6) is 0 Å². The van der Waals surface area contributed by atoms with Gasteiger partial charge in [0.25, 0.3) is 0 Å². The summed E-state index contributed by atoms with van der Waals surface area (Å²) in [6.07, 6.45) is 5.28. The smallest absolute Gasteiger partial charge is 0.223 e. The Labute approximate surface area is 135 Å². The lowest BCUT2D eigenvalue weighted by Gasteiger charge is -2.33. The second-order valence-corrected chi connectivity index (χ2v) is 6.93. The van der Waals surface area contributed by atoms with Gasteiger partial charge in [-0.25, -0.2) is 0 Å². The summed E-state index contributed by atoms with van der Waals surface area (Å²) in [7, 11) is 0. The second-order valence-electron chi connectivity index (χ2n) is 6.93. The zero-order valence-electron chi connectivity index (χ0n) is 13.6. The zero-order valence-corrected chi connectivity index (χ0v) is 14.4. The highest BCUT2D eigenvalue weighted by Gasteiger charge is 2.29. The molecule has 2 unspecified atom stereocenters. The summed E-state index contributed by atoms with van der Waals surface area (Å²) >= 11 is 0. The highest BCUT2D eigenvalue weighted by molar-refractivity contribution is 5.85. The van der Waals surface area contributed by atoms with Crippen molar-refractivity contribution in [2.24, 2.45) is 11.8 Å². The molecule has 0 aromatic rings. The van der Waals surface area contributed by atoms with Crippen LogP contribution in [-0.2, 0) is 9.53 Å². The molecule has 2 rings (SSSR count). The SMILES string of the molecule is CC(C)CC1CC(NC(=O)[C@H]2CCN[C@@H](C)C2)CCO1.Cl. The zero-order chi connectivity index (χ0) is 14.5. The molecule has 2 heterocycles. The third kappa shape index (κ3) is 6.13. The first-order valence-corrected chi connectivity index (χ1v) is 8.20. The summed E-state index contributed by atoms with van der Waals surface area (Å²) in [5.74, 6) is 1.10. The molecule has 21 heavy (non-hydrogen) atoms. The summed E-state index contributed by atoms with van der Waals surface area (Å²) in [4.78, 5) is 12.4. The molecule has 2 saturated heterocycles. The molecular formula is C16H31ClN2O2. The second kappa shape index (κ2) is 8.96. The van der Waals surface area contributed by atoms with Crippen LogP contribution in [-0.4, -0.2) is 37.2 Å². The van der Waals surface area contributed by atoms with Gasteiger partial charge in [-0.05, 0) is 51.5 Å². The van der Waals surface area contributed by atoms with Gasteiger partial charge >= 0.3 is 0 Å². The monoisotopic (exact) mass is 318 g/mol. The first-order chi connectivity index (χ1) is 9.54. The molecule has 0 bridgehead atoms. The number of ether oxygens (including phenoxy) is 1. The van der Waals surface area contributed by atoms with E-state index in [0.29, 0.717) is 24.1 Å². The molecule has 0 aliphatic carbocycles. The molecule has 2 fully saturated rings. The Balaban J connectivity index is 0.00000220. The van der Waals surface area contributed by atoms with Crippen LogP contribution in [0.15, 0.2) is 0 Å². The third-order valence-corrected chi connectivity index (χ3v) is 4.44. The van der Waals surface area contributed by atoms with Crippen molar-refractivity contribution >= 4 is 18.3 Å². The summed E-state index contributed by atoms with van der Waals surface area (Å²) in [6.45, 7) is 8.35. The minimum absolute atomic E-state index is 0. The third-order valence-electron chi connectivity index (χ3n) is 4.44. The quantitative estimate of drug-likeness (QED) is 0.837. The van der Waals surface area contributed by atoms with Crippen molar-refractivity contribution in [2.75, 3.05) is 13.2 Å². The number of hydrogen-bond acceptors (Lipinski definition) is 3. The average molecular weight is 319 g/mol. The van der Waals surface area contributed by atoms with E-state index in [0.717, 1.165) is 45.3 Å². The van der Waals surface area contributed by atoms with Crippen LogP contribution in [0.4, 0.5) is 0 Å². The van der Waals surface area contributed by atoms with E-state index in [-0.39, 0.29) is 24.2 Å². The van der Waals surface area contributed by atoms with Crippen LogP contribution in [0.3, 0.4) is 0 Å². The van der Waals surface area contributed by atoms with E-state index in [9.17, 15) is 4.79 Å². The van der Waals surface area contributed by atoms with E-state index in [4.69, 9.17) is 4.74 Å². The van der Waals surface area contributed by atoms with Gasteiger partial charge in [-0.2, -0.15) is 0 Å². The van der Waals surface area contributed by atoms with Gasteiger partial charge in [-0.3, -0.25) is 4.79 Å². The van der Waals surface area contributed by atoms with Crippen molar-refractivity contribution in [3.63, 3.8) is 0 Å². The Kier molecular flexibility index (Phi) is 7.99. The van der Waals surface area contributed by atoms with Crippen LogP contribution in [0.2, 0.25) is 0 Å². The molecule has 124 valence electrons. The minimum atomic E-state index is 0. The predicted octanol–water partition coefficient (Wildman–Crippen LogP) is 2.51. The molecule has 0 aromatic carbocycles. The highest BCUT2D eigenvalue weighted by atomic mass is 35.5. The number of amides is 1. The molecule has 2 N–H and O–H groups in total. The van der Waals surface area contributed by atoms with Crippen LogP contribution < -0.4 is 10.6 Å². The van der Waals surface area contributed by atoms with Gasteiger partial charge < -0.3 is 15.4 Å². The number of nitrogens with one attached hydrogen (secondary N) is 2. The lowest BCUT2D eigenvalue weighted by atomic mass is 9.91. The van der Waals surface area contributed by atoms with Gasteiger partial charge in [0.1, 0.15) is 0 Å². The van der Waals surface area contributed by atoms with Crippen molar-refractivity contribution in [3.05, 3.63) is 0 Å². The summed E-state index contributed by atoms with van der Waals surface area (Å²) in [5.41, 5.74) is 0. The van der Waals surface area contributed by atoms with E-state index in [1.165, 1.54) is 0 Å². The number of halogens is 1. The van der Waals surface area contributed by atoms with E-state index < -0.39 is 0 Å². The fourth-order valence-corrected chi connectivity index (χ4v) is 3.39. The number of hydrogen-bond donors (Lipinski definition) is 2. The predicted molar refractivity (Wildman–Crippen MR) is 87.8 cm³/mol. The number of piperidine rings is 1. The molecule has 2 aliphatic heterocycles. The van der Waals surface area contributed by atoms with Gasteiger partial charge in [-0.1, -0.05) is 13.8 Å². The number of rotatable bonds is 4.